The van der Waals surface area contributed by atoms with Crippen LogP contribution in [0.3, 0.4) is 0 Å². The first-order chi connectivity index (χ1) is 9.10. The van der Waals surface area contributed by atoms with E-state index in [9.17, 15) is 9.18 Å². The Morgan fingerprint density at radius 3 is 2.89 bits per heavy atom. The highest BCUT2D eigenvalue weighted by molar-refractivity contribution is 5.96. The smallest absolute Gasteiger partial charge is 0.264 e. The number of nitrogens with zero attached hydrogens (tertiary/aromatic N) is 2. The monoisotopic (exact) mass is 264 g/mol. The Bertz CT molecular complexity index is 595. The Morgan fingerprint density at radius 1 is 1.47 bits per heavy atom. The van der Waals surface area contributed by atoms with E-state index in [1.807, 2.05) is 6.92 Å². The predicted molar refractivity (Wildman–Crippen MR) is 64.4 cm³/mol. The lowest BCUT2D eigenvalue weighted by atomic mass is 10.1. The fourth-order valence-corrected chi connectivity index (χ4v) is 1.54. The predicted octanol–water partition coefficient (Wildman–Crippen LogP) is 2.55. The van der Waals surface area contributed by atoms with Crippen LogP contribution in [-0.2, 0) is 13.0 Å². The molecule has 1 aromatic heterocycles. The van der Waals surface area contributed by atoms with E-state index in [2.05, 4.69) is 10.1 Å². The van der Waals surface area contributed by atoms with Crippen molar-refractivity contribution < 1.29 is 18.4 Å². The van der Waals surface area contributed by atoms with E-state index in [0.29, 0.717) is 17.8 Å². The Hall–Kier alpha value is -2.24. The molecule has 0 radical (unpaired) electrons. The molecule has 5 nitrogen and oxygen atoms in total. The van der Waals surface area contributed by atoms with E-state index in [4.69, 9.17) is 9.26 Å². The third kappa shape index (κ3) is 3.15. The van der Waals surface area contributed by atoms with Gasteiger partial charge >= 0.3 is 0 Å². The van der Waals surface area contributed by atoms with Gasteiger partial charge in [-0.25, -0.2) is 4.39 Å². The van der Waals surface area contributed by atoms with Crippen molar-refractivity contribution in [2.75, 3.05) is 0 Å². The first-order valence-electron chi connectivity index (χ1n) is 5.85. The number of carbonyl (C=O) groups is 1. The van der Waals surface area contributed by atoms with Gasteiger partial charge in [-0.3, -0.25) is 4.79 Å². The van der Waals surface area contributed by atoms with Gasteiger partial charge in [-0.2, -0.15) is 4.98 Å². The Balaban J connectivity index is 2.14. The lowest BCUT2D eigenvalue weighted by molar-refractivity contribution is 0.101. The van der Waals surface area contributed by atoms with Gasteiger partial charge in [0.15, 0.2) is 18.2 Å². The number of hydrogen-bond acceptors (Lipinski definition) is 5. The van der Waals surface area contributed by atoms with Gasteiger partial charge in [0.05, 0.1) is 5.56 Å². The molecule has 0 bridgehead atoms. The molecular formula is C13H13FN2O3. The van der Waals surface area contributed by atoms with Crippen molar-refractivity contribution >= 4 is 5.78 Å². The zero-order valence-corrected chi connectivity index (χ0v) is 10.6. The minimum atomic E-state index is -0.472. The molecule has 0 spiro atoms. The molecule has 2 rings (SSSR count). The number of benzene rings is 1. The van der Waals surface area contributed by atoms with Crippen LogP contribution in [0.4, 0.5) is 4.39 Å². The topological polar surface area (TPSA) is 65.2 Å². The summed E-state index contributed by atoms with van der Waals surface area (Å²) >= 11 is 0. The number of aromatic nitrogens is 2. The average molecular weight is 264 g/mol. The molecule has 0 fully saturated rings. The van der Waals surface area contributed by atoms with E-state index >= 15 is 0 Å². The summed E-state index contributed by atoms with van der Waals surface area (Å²) in [6.07, 6.45) is 0.655. The van der Waals surface area contributed by atoms with Gasteiger partial charge in [-0.15, -0.1) is 0 Å². The quantitative estimate of drug-likeness (QED) is 0.776. The molecule has 2 aromatic rings. The first kappa shape index (κ1) is 13.2. The van der Waals surface area contributed by atoms with Crippen LogP contribution in [0.2, 0.25) is 0 Å². The zero-order valence-electron chi connectivity index (χ0n) is 10.6. The number of hydrogen-bond donors (Lipinski definition) is 0. The maximum absolute atomic E-state index is 13.2. The van der Waals surface area contributed by atoms with Gasteiger partial charge in [-0.05, 0) is 19.1 Å². The Morgan fingerprint density at radius 2 is 2.26 bits per heavy atom. The van der Waals surface area contributed by atoms with Gasteiger partial charge in [-0.1, -0.05) is 12.1 Å². The minimum Gasteiger partial charge on any atom is -0.483 e. The third-order valence-electron chi connectivity index (χ3n) is 2.50. The maximum Gasteiger partial charge on any atom is 0.264 e. The molecule has 0 amide bonds. The molecule has 0 atom stereocenters. The van der Waals surface area contributed by atoms with Crippen molar-refractivity contribution in [3.63, 3.8) is 0 Å². The molecule has 19 heavy (non-hydrogen) atoms. The molecule has 0 saturated carbocycles. The maximum atomic E-state index is 13.2. The molecule has 0 aliphatic heterocycles. The van der Waals surface area contributed by atoms with E-state index in [-0.39, 0.29) is 24.0 Å². The van der Waals surface area contributed by atoms with Gasteiger partial charge in [0.1, 0.15) is 11.6 Å². The van der Waals surface area contributed by atoms with Crippen molar-refractivity contribution in [3.8, 4) is 5.75 Å². The van der Waals surface area contributed by atoms with E-state index in [0.717, 1.165) is 6.07 Å². The molecule has 0 unspecified atom stereocenters. The molecule has 1 aromatic carbocycles. The summed E-state index contributed by atoms with van der Waals surface area (Å²) in [4.78, 5) is 15.4. The van der Waals surface area contributed by atoms with Crippen molar-refractivity contribution in [1.82, 2.24) is 10.1 Å². The number of aryl methyl sites for hydroxylation is 1. The van der Waals surface area contributed by atoms with E-state index < -0.39 is 5.82 Å². The van der Waals surface area contributed by atoms with Crippen LogP contribution in [0.5, 0.6) is 5.75 Å². The molecule has 6 heteroatoms. The van der Waals surface area contributed by atoms with Crippen LogP contribution in [-0.4, -0.2) is 15.9 Å². The van der Waals surface area contributed by atoms with Crippen LogP contribution in [0, 0.1) is 5.82 Å². The highest BCUT2D eigenvalue weighted by Gasteiger charge is 2.12. The molecule has 1 heterocycles. The molecule has 0 N–H and O–H groups in total. The minimum absolute atomic E-state index is 0.00324. The van der Waals surface area contributed by atoms with E-state index in [1.165, 1.54) is 19.1 Å². The van der Waals surface area contributed by atoms with Gasteiger partial charge < -0.3 is 9.26 Å². The van der Waals surface area contributed by atoms with Gasteiger partial charge in [0.25, 0.3) is 5.89 Å². The first-order valence-corrected chi connectivity index (χ1v) is 5.85. The summed E-state index contributed by atoms with van der Waals surface area (Å²) in [6.45, 7) is 3.29. The zero-order chi connectivity index (χ0) is 13.8. The Kier molecular flexibility index (Phi) is 3.89. The van der Waals surface area contributed by atoms with Gasteiger partial charge in [0.2, 0.25) is 0 Å². The second-order valence-electron chi connectivity index (χ2n) is 3.94. The highest BCUT2D eigenvalue weighted by atomic mass is 19.1. The summed E-state index contributed by atoms with van der Waals surface area (Å²) in [6, 6.07) is 3.76. The summed E-state index contributed by atoms with van der Waals surface area (Å²) in [7, 11) is 0. The van der Waals surface area contributed by atoms with Crippen LogP contribution in [0.15, 0.2) is 22.7 Å². The number of rotatable bonds is 5. The number of Topliss-reactive ketones (excluding diaryl/α,β-unsaturated/α-hetero) is 1. The molecule has 0 aliphatic rings. The molecule has 100 valence electrons. The van der Waals surface area contributed by atoms with Crippen molar-refractivity contribution in [2.24, 2.45) is 0 Å². The van der Waals surface area contributed by atoms with Crippen molar-refractivity contribution in [3.05, 3.63) is 41.3 Å². The molecular weight excluding hydrogens is 251 g/mol. The van der Waals surface area contributed by atoms with Crippen molar-refractivity contribution in [2.45, 2.75) is 26.9 Å². The fourth-order valence-electron chi connectivity index (χ4n) is 1.54. The number of ether oxygens (including phenoxy) is 1. The second kappa shape index (κ2) is 5.60. The summed E-state index contributed by atoms with van der Waals surface area (Å²) < 4.78 is 23.5. The lowest BCUT2D eigenvalue weighted by Gasteiger charge is -2.07. The van der Waals surface area contributed by atoms with E-state index in [1.54, 1.807) is 0 Å². The van der Waals surface area contributed by atoms with Crippen LogP contribution >= 0.6 is 0 Å². The van der Waals surface area contributed by atoms with Crippen LogP contribution in [0.1, 0.15) is 35.9 Å². The number of ketones is 1. The van der Waals surface area contributed by atoms with Crippen molar-refractivity contribution in [1.29, 1.82) is 0 Å². The summed E-state index contributed by atoms with van der Waals surface area (Å²) in [5.41, 5.74) is 0.316. The summed E-state index contributed by atoms with van der Waals surface area (Å²) in [5.74, 6) is 0.360. The molecule has 0 aliphatic carbocycles. The average Bonchev–Trinajstić information content (AvgIpc) is 2.84. The lowest BCUT2D eigenvalue weighted by Crippen LogP contribution is -2.02. The third-order valence-corrected chi connectivity index (χ3v) is 2.50. The largest absolute Gasteiger partial charge is 0.483 e. The molecule has 0 saturated heterocycles. The highest BCUT2D eigenvalue weighted by Crippen LogP contribution is 2.21. The summed E-state index contributed by atoms with van der Waals surface area (Å²) in [5, 5.41) is 3.71. The van der Waals surface area contributed by atoms with Gasteiger partial charge in [0, 0.05) is 12.5 Å². The number of halogens is 1. The van der Waals surface area contributed by atoms with Crippen LogP contribution in [0.25, 0.3) is 0 Å². The van der Waals surface area contributed by atoms with Crippen LogP contribution < -0.4 is 4.74 Å². The standard InChI is InChI=1S/C13H13FN2O3/c1-3-12-15-13(19-16-12)7-18-11-6-9(14)4-5-10(11)8(2)17/h4-6H,3,7H2,1-2H3. The SMILES string of the molecule is CCc1noc(COc2cc(F)ccc2C(C)=O)n1. The Labute approximate surface area is 109 Å². The normalized spacial score (nSPS) is 10.5. The fraction of sp³-hybridized carbons (Fsp3) is 0.308. The number of carbonyl (C=O) groups excluding carboxylic acids is 1. The second-order valence-corrected chi connectivity index (χ2v) is 3.94.